The number of nitrogens with one attached hydrogen (secondary N) is 1. The molecule has 16 heavy (non-hydrogen) atoms. The summed E-state index contributed by atoms with van der Waals surface area (Å²) < 4.78 is 0. The molecule has 1 aromatic heterocycles. The van der Waals surface area contributed by atoms with E-state index in [1.54, 1.807) is 6.20 Å². The molecular formula is C12H14N4. The van der Waals surface area contributed by atoms with Crippen LogP contribution < -0.4 is 11.3 Å². The van der Waals surface area contributed by atoms with Crippen LogP contribution >= 0.6 is 0 Å². The van der Waals surface area contributed by atoms with Gasteiger partial charge in [0.2, 0.25) is 0 Å². The zero-order valence-electron chi connectivity index (χ0n) is 8.93. The van der Waals surface area contributed by atoms with Crippen molar-refractivity contribution < 1.29 is 0 Å². The maximum atomic E-state index is 5.27. The van der Waals surface area contributed by atoms with Gasteiger partial charge in [-0.15, -0.1) is 5.10 Å². The maximum Gasteiger partial charge on any atom is 0.162 e. The summed E-state index contributed by atoms with van der Waals surface area (Å²) in [7, 11) is 0. The molecule has 1 aromatic carbocycles. The normalized spacial score (nSPS) is 10.1. The Labute approximate surface area is 94.5 Å². The van der Waals surface area contributed by atoms with Gasteiger partial charge in [-0.3, -0.25) is 0 Å². The predicted molar refractivity (Wildman–Crippen MR) is 63.7 cm³/mol. The Morgan fingerprint density at radius 1 is 1.06 bits per heavy atom. The number of rotatable bonds is 4. The van der Waals surface area contributed by atoms with Crippen LogP contribution in [0.5, 0.6) is 0 Å². The van der Waals surface area contributed by atoms with Gasteiger partial charge in [-0.25, -0.2) is 5.84 Å². The number of hydrazine groups is 1. The van der Waals surface area contributed by atoms with Crippen molar-refractivity contribution in [1.82, 2.24) is 10.2 Å². The molecule has 0 spiro atoms. The second-order valence-electron chi connectivity index (χ2n) is 3.58. The number of nitrogens with two attached hydrogens (primary N) is 1. The van der Waals surface area contributed by atoms with Gasteiger partial charge in [-0.05, 0) is 30.0 Å². The second-order valence-corrected chi connectivity index (χ2v) is 3.58. The average molecular weight is 214 g/mol. The first-order valence-corrected chi connectivity index (χ1v) is 5.20. The predicted octanol–water partition coefficient (Wildman–Crippen LogP) is 1.55. The molecular weight excluding hydrogens is 200 g/mol. The standard InChI is InChI=1S/C12H14N4/c13-15-12-8-11(9-14-16-12)7-6-10-4-2-1-3-5-10/h1-5,8-9H,6-7,13H2,(H,15,16). The van der Waals surface area contributed by atoms with Gasteiger partial charge < -0.3 is 5.43 Å². The molecule has 0 saturated heterocycles. The van der Waals surface area contributed by atoms with Crippen molar-refractivity contribution in [3.63, 3.8) is 0 Å². The van der Waals surface area contributed by atoms with Gasteiger partial charge in [0, 0.05) is 0 Å². The number of nitrogens with zero attached hydrogens (tertiary/aromatic N) is 2. The van der Waals surface area contributed by atoms with Gasteiger partial charge in [0.15, 0.2) is 5.82 Å². The fraction of sp³-hybridized carbons (Fsp3) is 0.167. The number of aryl methyl sites for hydroxylation is 2. The molecule has 0 aliphatic carbocycles. The highest BCUT2D eigenvalue weighted by Gasteiger charge is 1.98. The van der Waals surface area contributed by atoms with Gasteiger partial charge >= 0.3 is 0 Å². The van der Waals surface area contributed by atoms with Gasteiger partial charge in [-0.2, -0.15) is 5.10 Å². The van der Waals surface area contributed by atoms with Crippen LogP contribution in [0.2, 0.25) is 0 Å². The molecule has 0 unspecified atom stereocenters. The van der Waals surface area contributed by atoms with Crippen LogP contribution in [0.4, 0.5) is 5.82 Å². The molecule has 3 N–H and O–H groups in total. The monoisotopic (exact) mass is 214 g/mol. The molecule has 0 radical (unpaired) electrons. The third-order valence-corrected chi connectivity index (χ3v) is 2.40. The van der Waals surface area contributed by atoms with E-state index in [0.717, 1.165) is 18.4 Å². The van der Waals surface area contributed by atoms with Gasteiger partial charge in [-0.1, -0.05) is 30.3 Å². The third-order valence-electron chi connectivity index (χ3n) is 2.40. The average Bonchev–Trinajstić information content (AvgIpc) is 2.38. The molecule has 2 aromatic rings. The lowest BCUT2D eigenvalue weighted by Crippen LogP contribution is -2.09. The Kier molecular flexibility index (Phi) is 3.46. The highest BCUT2D eigenvalue weighted by atomic mass is 15.3. The number of aromatic nitrogens is 2. The molecule has 1 heterocycles. The molecule has 0 amide bonds. The second kappa shape index (κ2) is 5.23. The fourth-order valence-corrected chi connectivity index (χ4v) is 1.55. The first-order valence-electron chi connectivity index (χ1n) is 5.20. The molecule has 2 rings (SSSR count). The van der Waals surface area contributed by atoms with Crippen molar-refractivity contribution in [2.45, 2.75) is 12.8 Å². The van der Waals surface area contributed by atoms with E-state index in [9.17, 15) is 0 Å². The van der Waals surface area contributed by atoms with Crippen LogP contribution in [0.1, 0.15) is 11.1 Å². The zero-order chi connectivity index (χ0) is 11.2. The molecule has 0 fully saturated rings. The minimum absolute atomic E-state index is 0.602. The number of hydrogen-bond acceptors (Lipinski definition) is 4. The lowest BCUT2D eigenvalue weighted by atomic mass is 10.1. The first-order chi connectivity index (χ1) is 7.88. The van der Waals surface area contributed by atoms with Gasteiger partial charge in [0.1, 0.15) is 0 Å². The molecule has 0 bridgehead atoms. The van der Waals surface area contributed by atoms with Crippen LogP contribution in [0, 0.1) is 0 Å². The molecule has 82 valence electrons. The summed E-state index contributed by atoms with van der Waals surface area (Å²) in [4.78, 5) is 0. The molecule has 4 heteroatoms. The maximum absolute atomic E-state index is 5.27. The Hall–Kier alpha value is -1.94. The Balaban J connectivity index is 1.99. The molecule has 0 atom stereocenters. The lowest BCUT2D eigenvalue weighted by molar-refractivity contribution is 0.918. The zero-order valence-corrected chi connectivity index (χ0v) is 8.93. The van der Waals surface area contributed by atoms with Crippen LogP contribution in [-0.4, -0.2) is 10.2 Å². The van der Waals surface area contributed by atoms with Crippen molar-refractivity contribution in [1.29, 1.82) is 0 Å². The Morgan fingerprint density at radius 2 is 1.81 bits per heavy atom. The van der Waals surface area contributed by atoms with E-state index in [1.165, 1.54) is 5.56 Å². The highest BCUT2D eigenvalue weighted by molar-refractivity contribution is 5.34. The summed E-state index contributed by atoms with van der Waals surface area (Å²) in [6.07, 6.45) is 3.70. The van der Waals surface area contributed by atoms with Crippen molar-refractivity contribution in [3.8, 4) is 0 Å². The van der Waals surface area contributed by atoms with Crippen LogP contribution in [0.15, 0.2) is 42.6 Å². The number of hydrogen-bond donors (Lipinski definition) is 2. The molecule has 0 saturated carbocycles. The van der Waals surface area contributed by atoms with Crippen molar-refractivity contribution >= 4 is 5.82 Å². The quantitative estimate of drug-likeness (QED) is 0.598. The molecule has 0 aliphatic heterocycles. The topological polar surface area (TPSA) is 63.8 Å². The fourth-order valence-electron chi connectivity index (χ4n) is 1.55. The van der Waals surface area contributed by atoms with E-state index in [2.05, 4.69) is 27.8 Å². The summed E-state index contributed by atoms with van der Waals surface area (Å²) >= 11 is 0. The number of anilines is 1. The third kappa shape index (κ3) is 2.77. The van der Waals surface area contributed by atoms with E-state index in [4.69, 9.17) is 5.84 Å². The summed E-state index contributed by atoms with van der Waals surface area (Å²) in [5.74, 6) is 5.88. The van der Waals surface area contributed by atoms with Crippen molar-refractivity contribution in [3.05, 3.63) is 53.7 Å². The van der Waals surface area contributed by atoms with Crippen LogP contribution in [0.3, 0.4) is 0 Å². The van der Waals surface area contributed by atoms with E-state index in [-0.39, 0.29) is 0 Å². The van der Waals surface area contributed by atoms with Gasteiger partial charge in [0.25, 0.3) is 0 Å². The molecule has 0 aliphatic rings. The molecule has 4 nitrogen and oxygen atoms in total. The summed E-state index contributed by atoms with van der Waals surface area (Å²) in [6.45, 7) is 0. The van der Waals surface area contributed by atoms with E-state index in [1.807, 2.05) is 24.3 Å². The van der Waals surface area contributed by atoms with E-state index >= 15 is 0 Å². The minimum atomic E-state index is 0.602. The van der Waals surface area contributed by atoms with Crippen LogP contribution in [0.25, 0.3) is 0 Å². The SMILES string of the molecule is NNc1cc(CCc2ccccc2)cnn1. The summed E-state index contributed by atoms with van der Waals surface area (Å²) in [5, 5.41) is 7.70. The van der Waals surface area contributed by atoms with Crippen LogP contribution in [-0.2, 0) is 12.8 Å². The Morgan fingerprint density at radius 3 is 2.56 bits per heavy atom. The highest BCUT2D eigenvalue weighted by Crippen LogP contribution is 2.08. The largest absolute Gasteiger partial charge is 0.307 e. The summed E-state index contributed by atoms with van der Waals surface area (Å²) in [5.41, 5.74) is 4.94. The van der Waals surface area contributed by atoms with Crippen molar-refractivity contribution in [2.24, 2.45) is 5.84 Å². The first kappa shape index (κ1) is 10.6. The van der Waals surface area contributed by atoms with Crippen molar-refractivity contribution in [2.75, 3.05) is 5.43 Å². The number of nitrogen functional groups attached to an aromatic ring is 1. The van der Waals surface area contributed by atoms with E-state index < -0.39 is 0 Å². The van der Waals surface area contributed by atoms with E-state index in [0.29, 0.717) is 5.82 Å². The minimum Gasteiger partial charge on any atom is -0.307 e. The lowest BCUT2D eigenvalue weighted by Gasteiger charge is -2.03. The smallest absolute Gasteiger partial charge is 0.162 e. The number of benzene rings is 1. The Bertz CT molecular complexity index is 442. The van der Waals surface area contributed by atoms with Gasteiger partial charge in [0.05, 0.1) is 6.20 Å². The summed E-state index contributed by atoms with van der Waals surface area (Å²) in [6, 6.07) is 12.3.